The minimum Gasteiger partial charge on any atom is -0.321 e. The molecule has 2 rings (SSSR count). The Balaban J connectivity index is 2.23. The second-order valence-electron chi connectivity index (χ2n) is 4.29. The zero-order valence-corrected chi connectivity index (χ0v) is 11.9. The number of hydrogen-bond donors (Lipinski definition) is 1. The number of nitrogens with one attached hydrogen (secondary N) is 1. The number of aromatic nitrogens is 2. The van der Waals surface area contributed by atoms with Crippen molar-refractivity contribution in [3.8, 4) is 0 Å². The summed E-state index contributed by atoms with van der Waals surface area (Å²) in [4.78, 5) is 23.5. The third-order valence-electron chi connectivity index (χ3n) is 2.83. The molecule has 20 heavy (non-hydrogen) atoms. The number of anilines is 1. The summed E-state index contributed by atoms with van der Waals surface area (Å²) >= 11 is 6.00. The summed E-state index contributed by atoms with van der Waals surface area (Å²) in [5, 5.41) is 7.26. The van der Waals surface area contributed by atoms with Gasteiger partial charge in [-0.05, 0) is 37.6 Å². The minimum atomic E-state index is -0.382. The van der Waals surface area contributed by atoms with Crippen molar-refractivity contribution in [3.05, 3.63) is 57.0 Å². The number of carbonyl (C=O) groups is 1. The van der Waals surface area contributed by atoms with Crippen LogP contribution in [-0.4, -0.2) is 15.7 Å². The van der Waals surface area contributed by atoms with E-state index in [2.05, 4.69) is 10.4 Å². The van der Waals surface area contributed by atoms with Gasteiger partial charge in [-0.1, -0.05) is 17.7 Å². The third-order valence-corrected chi connectivity index (χ3v) is 3.24. The van der Waals surface area contributed by atoms with Crippen molar-refractivity contribution < 1.29 is 4.79 Å². The van der Waals surface area contributed by atoms with Gasteiger partial charge in [0.15, 0.2) is 0 Å². The van der Waals surface area contributed by atoms with Gasteiger partial charge in [0.1, 0.15) is 5.69 Å². The first kappa shape index (κ1) is 14.3. The topological polar surface area (TPSA) is 64.0 Å². The van der Waals surface area contributed by atoms with Crippen molar-refractivity contribution in [2.24, 2.45) is 0 Å². The van der Waals surface area contributed by atoms with Crippen LogP contribution in [-0.2, 0) is 6.54 Å². The van der Waals surface area contributed by atoms with Crippen LogP contribution in [0.1, 0.15) is 23.0 Å². The highest BCUT2D eigenvalue weighted by molar-refractivity contribution is 6.31. The van der Waals surface area contributed by atoms with E-state index in [0.29, 0.717) is 17.3 Å². The number of nitrogens with zero attached hydrogens (tertiary/aromatic N) is 2. The number of halogens is 1. The van der Waals surface area contributed by atoms with Gasteiger partial charge in [0.05, 0.1) is 0 Å². The van der Waals surface area contributed by atoms with Crippen LogP contribution in [0.2, 0.25) is 5.02 Å². The van der Waals surface area contributed by atoms with Crippen molar-refractivity contribution in [3.63, 3.8) is 0 Å². The van der Waals surface area contributed by atoms with E-state index in [-0.39, 0.29) is 17.2 Å². The van der Waals surface area contributed by atoms with Gasteiger partial charge in [-0.2, -0.15) is 5.10 Å². The molecule has 1 aromatic carbocycles. The van der Waals surface area contributed by atoms with Crippen molar-refractivity contribution in [1.82, 2.24) is 9.78 Å². The van der Waals surface area contributed by atoms with Crippen LogP contribution in [0.3, 0.4) is 0 Å². The molecule has 1 N–H and O–H groups in total. The van der Waals surface area contributed by atoms with Crippen LogP contribution in [0.4, 0.5) is 5.69 Å². The van der Waals surface area contributed by atoms with Crippen LogP contribution < -0.4 is 10.9 Å². The molecule has 0 saturated heterocycles. The maximum Gasteiger partial charge on any atom is 0.276 e. The van der Waals surface area contributed by atoms with E-state index in [9.17, 15) is 9.59 Å². The predicted octanol–water partition coefficient (Wildman–Crippen LogP) is 2.48. The Hall–Kier alpha value is -2.14. The molecule has 1 aromatic heterocycles. The molecule has 0 fully saturated rings. The minimum absolute atomic E-state index is 0.183. The summed E-state index contributed by atoms with van der Waals surface area (Å²) in [6.45, 7) is 4.08. The van der Waals surface area contributed by atoms with Crippen molar-refractivity contribution in [2.45, 2.75) is 20.4 Å². The lowest BCUT2D eigenvalue weighted by atomic mass is 10.2. The summed E-state index contributed by atoms with van der Waals surface area (Å²) in [5.41, 5.74) is 1.47. The summed E-state index contributed by atoms with van der Waals surface area (Å²) in [7, 11) is 0. The predicted molar refractivity (Wildman–Crippen MR) is 78.3 cm³/mol. The Labute approximate surface area is 121 Å². The molecule has 0 aliphatic carbocycles. The first-order valence-corrected chi connectivity index (χ1v) is 6.54. The van der Waals surface area contributed by atoms with Crippen molar-refractivity contribution >= 4 is 23.2 Å². The third kappa shape index (κ3) is 3.05. The Bertz CT molecular complexity index is 710. The molecule has 0 spiro atoms. The Morgan fingerprint density at radius 2 is 2.10 bits per heavy atom. The standard InChI is InChI=1S/C14H14ClN3O2/c1-3-18-13(19)7-6-12(17-18)14(20)16-10-5-4-9(2)11(15)8-10/h4-8H,3H2,1-2H3,(H,16,20). The van der Waals surface area contributed by atoms with E-state index in [1.807, 2.05) is 13.0 Å². The summed E-state index contributed by atoms with van der Waals surface area (Å²) in [5.74, 6) is -0.382. The maximum atomic E-state index is 12.1. The van der Waals surface area contributed by atoms with Crippen molar-refractivity contribution in [1.29, 1.82) is 0 Å². The molecule has 1 amide bonds. The van der Waals surface area contributed by atoms with Crippen LogP contribution >= 0.6 is 11.6 Å². The van der Waals surface area contributed by atoms with Crippen LogP contribution in [0, 0.1) is 6.92 Å². The van der Waals surface area contributed by atoms with Gasteiger partial charge < -0.3 is 5.32 Å². The molecular weight excluding hydrogens is 278 g/mol. The quantitative estimate of drug-likeness (QED) is 0.945. The van der Waals surface area contributed by atoms with Gasteiger partial charge in [-0.25, -0.2) is 4.68 Å². The highest BCUT2D eigenvalue weighted by Crippen LogP contribution is 2.20. The van der Waals surface area contributed by atoms with Gasteiger partial charge in [0.2, 0.25) is 0 Å². The molecule has 0 atom stereocenters. The van der Waals surface area contributed by atoms with Crippen molar-refractivity contribution in [2.75, 3.05) is 5.32 Å². The molecule has 0 bridgehead atoms. The average molecular weight is 292 g/mol. The molecule has 104 valence electrons. The Kier molecular flexibility index (Phi) is 4.20. The normalized spacial score (nSPS) is 10.3. The summed E-state index contributed by atoms with van der Waals surface area (Å²) < 4.78 is 1.23. The zero-order valence-electron chi connectivity index (χ0n) is 11.2. The molecule has 0 unspecified atom stereocenters. The second-order valence-corrected chi connectivity index (χ2v) is 4.70. The molecule has 0 aliphatic heterocycles. The lowest BCUT2D eigenvalue weighted by Crippen LogP contribution is -2.25. The Morgan fingerprint density at radius 3 is 2.75 bits per heavy atom. The average Bonchev–Trinajstić information content (AvgIpc) is 2.43. The molecule has 0 saturated carbocycles. The van der Waals surface area contributed by atoms with E-state index in [0.717, 1.165) is 5.56 Å². The number of carbonyl (C=O) groups excluding carboxylic acids is 1. The molecule has 5 nitrogen and oxygen atoms in total. The molecule has 1 heterocycles. The van der Waals surface area contributed by atoms with E-state index in [1.165, 1.54) is 16.8 Å². The van der Waals surface area contributed by atoms with Gasteiger partial charge in [-0.15, -0.1) is 0 Å². The fourth-order valence-corrected chi connectivity index (χ4v) is 1.84. The monoisotopic (exact) mass is 291 g/mol. The van der Waals surface area contributed by atoms with Gasteiger partial charge in [-0.3, -0.25) is 9.59 Å². The van der Waals surface area contributed by atoms with Crippen LogP contribution in [0.5, 0.6) is 0 Å². The number of aryl methyl sites for hydroxylation is 2. The molecule has 6 heteroatoms. The summed E-state index contributed by atoms with van der Waals surface area (Å²) in [6.07, 6.45) is 0. The number of rotatable bonds is 3. The Morgan fingerprint density at radius 1 is 1.35 bits per heavy atom. The molecule has 0 aliphatic rings. The zero-order chi connectivity index (χ0) is 14.7. The van der Waals surface area contributed by atoms with Crippen LogP contribution in [0.25, 0.3) is 0 Å². The van der Waals surface area contributed by atoms with E-state index in [4.69, 9.17) is 11.6 Å². The highest BCUT2D eigenvalue weighted by atomic mass is 35.5. The lowest BCUT2D eigenvalue weighted by Gasteiger charge is -2.07. The van der Waals surface area contributed by atoms with E-state index in [1.54, 1.807) is 19.1 Å². The summed E-state index contributed by atoms with van der Waals surface area (Å²) in [6, 6.07) is 7.98. The number of hydrogen-bond acceptors (Lipinski definition) is 3. The first-order valence-electron chi connectivity index (χ1n) is 6.17. The largest absolute Gasteiger partial charge is 0.321 e. The highest BCUT2D eigenvalue weighted by Gasteiger charge is 2.10. The fraction of sp³-hybridized carbons (Fsp3) is 0.214. The fourth-order valence-electron chi connectivity index (χ4n) is 1.66. The van der Waals surface area contributed by atoms with Gasteiger partial charge in [0.25, 0.3) is 11.5 Å². The molecule has 0 radical (unpaired) electrons. The van der Waals surface area contributed by atoms with E-state index >= 15 is 0 Å². The molecular formula is C14H14ClN3O2. The second kappa shape index (κ2) is 5.88. The number of amides is 1. The lowest BCUT2D eigenvalue weighted by molar-refractivity contribution is 0.102. The van der Waals surface area contributed by atoms with E-state index < -0.39 is 0 Å². The smallest absolute Gasteiger partial charge is 0.276 e. The first-order chi connectivity index (χ1) is 9.51. The van der Waals surface area contributed by atoms with Crippen LogP contribution in [0.15, 0.2) is 35.1 Å². The SMILES string of the molecule is CCn1nc(C(=O)Nc2ccc(C)c(Cl)c2)ccc1=O. The maximum absolute atomic E-state index is 12.1. The van der Waals surface area contributed by atoms with Gasteiger partial charge >= 0.3 is 0 Å². The molecule has 2 aromatic rings. The van der Waals surface area contributed by atoms with Gasteiger partial charge in [0, 0.05) is 23.3 Å². The number of benzene rings is 1.